The average Bonchev–Trinajstić information content (AvgIpc) is 3.22. The van der Waals surface area contributed by atoms with Gasteiger partial charge in [0, 0.05) is 0 Å². The van der Waals surface area contributed by atoms with E-state index in [0.717, 1.165) is 41.4 Å². The van der Waals surface area contributed by atoms with Gasteiger partial charge < -0.3 is 0 Å². The smallest absolute Gasteiger partial charge is 0.0110 e. The summed E-state index contributed by atoms with van der Waals surface area (Å²) in [4.78, 5) is 0. The zero-order valence-corrected chi connectivity index (χ0v) is 12.9. The van der Waals surface area contributed by atoms with Gasteiger partial charge in [0.05, 0.1) is 0 Å². The van der Waals surface area contributed by atoms with Gasteiger partial charge in [0.2, 0.25) is 0 Å². The summed E-state index contributed by atoms with van der Waals surface area (Å²) in [6.07, 6.45) is 20.5. The predicted molar refractivity (Wildman–Crippen MR) is 87.2 cm³/mol. The third-order valence-corrected chi connectivity index (χ3v) is 6.04. The fraction of sp³-hybridized carbons (Fsp3) is 0.600. The highest BCUT2D eigenvalue weighted by Gasteiger charge is 2.40. The summed E-state index contributed by atoms with van der Waals surface area (Å²) in [5.74, 6) is 5.99. The van der Waals surface area contributed by atoms with Crippen molar-refractivity contribution in [1.29, 1.82) is 0 Å². The molecule has 4 rings (SSSR count). The molecule has 0 aromatic rings. The van der Waals surface area contributed by atoms with Gasteiger partial charge in [0.1, 0.15) is 0 Å². The van der Waals surface area contributed by atoms with E-state index in [-0.39, 0.29) is 0 Å². The van der Waals surface area contributed by atoms with Crippen LogP contribution in [0.25, 0.3) is 0 Å². The topological polar surface area (TPSA) is 0 Å². The highest BCUT2D eigenvalue weighted by molar-refractivity contribution is 5.17. The van der Waals surface area contributed by atoms with Crippen LogP contribution in [0.4, 0.5) is 0 Å². The maximum atomic E-state index is 3.84. The molecule has 4 aliphatic carbocycles. The maximum Gasteiger partial charge on any atom is -0.0110 e. The van der Waals surface area contributed by atoms with Gasteiger partial charge in [0.15, 0.2) is 0 Å². The van der Waals surface area contributed by atoms with Crippen LogP contribution in [0.15, 0.2) is 49.1 Å². The summed E-state index contributed by atoms with van der Waals surface area (Å²) in [7, 11) is 0. The van der Waals surface area contributed by atoms with Gasteiger partial charge in [-0.2, -0.15) is 0 Å². The van der Waals surface area contributed by atoms with Gasteiger partial charge in [-0.25, -0.2) is 0 Å². The van der Waals surface area contributed by atoms with Crippen molar-refractivity contribution >= 4 is 0 Å². The fourth-order valence-corrected chi connectivity index (χ4v) is 4.82. The van der Waals surface area contributed by atoms with E-state index in [9.17, 15) is 0 Å². The Bertz CT molecular complexity index is 425. The summed E-state index contributed by atoms with van der Waals surface area (Å²) >= 11 is 0. The van der Waals surface area contributed by atoms with Gasteiger partial charge in [-0.05, 0) is 67.6 Å². The highest BCUT2D eigenvalue weighted by Crippen LogP contribution is 2.48. The van der Waals surface area contributed by atoms with Crippen LogP contribution in [-0.2, 0) is 0 Å². The van der Waals surface area contributed by atoms with E-state index in [1.807, 2.05) is 0 Å². The summed E-state index contributed by atoms with van der Waals surface area (Å²) in [5, 5.41) is 0. The zero-order valence-electron chi connectivity index (χ0n) is 12.9. The molecule has 0 spiro atoms. The minimum Gasteiger partial charge on any atom is -0.103 e. The SMILES string of the molecule is C=CC1C2C=CC1CC2.CC=CC1C2C=CC(C2)C1C. The second-order valence-electron chi connectivity index (χ2n) is 7.01. The summed E-state index contributed by atoms with van der Waals surface area (Å²) in [6.45, 7) is 8.36. The first-order valence-corrected chi connectivity index (χ1v) is 8.36. The quantitative estimate of drug-likeness (QED) is 0.588. The number of hydrogen-bond acceptors (Lipinski definition) is 0. The third kappa shape index (κ3) is 2.34. The van der Waals surface area contributed by atoms with E-state index in [4.69, 9.17) is 0 Å². The molecule has 108 valence electrons. The van der Waals surface area contributed by atoms with Crippen molar-refractivity contribution in [1.82, 2.24) is 0 Å². The monoisotopic (exact) mass is 268 g/mol. The molecule has 0 N–H and O–H groups in total. The Morgan fingerprint density at radius 3 is 1.90 bits per heavy atom. The summed E-state index contributed by atoms with van der Waals surface area (Å²) in [5.41, 5.74) is 0. The maximum absolute atomic E-state index is 3.84. The van der Waals surface area contributed by atoms with Gasteiger partial charge in [0.25, 0.3) is 0 Å². The van der Waals surface area contributed by atoms with Gasteiger partial charge >= 0.3 is 0 Å². The average molecular weight is 268 g/mol. The lowest BCUT2D eigenvalue weighted by atomic mass is 9.84. The molecule has 0 aromatic carbocycles. The van der Waals surface area contributed by atoms with Crippen LogP contribution >= 0.6 is 0 Å². The van der Waals surface area contributed by atoms with Crippen molar-refractivity contribution in [2.45, 2.75) is 33.1 Å². The van der Waals surface area contributed by atoms with Crippen LogP contribution in [0, 0.1) is 41.4 Å². The van der Waals surface area contributed by atoms with E-state index in [0.29, 0.717) is 0 Å². The number of rotatable bonds is 2. The number of hydrogen-bond donors (Lipinski definition) is 0. The van der Waals surface area contributed by atoms with Gasteiger partial charge in [-0.3, -0.25) is 0 Å². The van der Waals surface area contributed by atoms with E-state index >= 15 is 0 Å². The molecule has 0 aliphatic heterocycles. The molecule has 6 atom stereocenters. The second kappa shape index (κ2) is 5.76. The molecule has 0 nitrogen and oxygen atoms in total. The molecule has 20 heavy (non-hydrogen) atoms. The third-order valence-electron chi connectivity index (χ3n) is 6.04. The van der Waals surface area contributed by atoms with E-state index in [2.05, 4.69) is 63.0 Å². The van der Waals surface area contributed by atoms with Crippen molar-refractivity contribution in [3.63, 3.8) is 0 Å². The first kappa shape index (κ1) is 13.9. The van der Waals surface area contributed by atoms with Crippen LogP contribution in [0.1, 0.15) is 33.1 Å². The van der Waals surface area contributed by atoms with Crippen molar-refractivity contribution in [3.05, 3.63) is 49.1 Å². The van der Waals surface area contributed by atoms with Crippen LogP contribution in [0.5, 0.6) is 0 Å². The fourth-order valence-electron chi connectivity index (χ4n) is 4.82. The minimum atomic E-state index is 0.796. The molecule has 0 amide bonds. The molecule has 2 fully saturated rings. The normalized spacial score (nSPS) is 47.0. The summed E-state index contributed by atoms with van der Waals surface area (Å²) in [6, 6.07) is 0. The molecule has 0 radical (unpaired) electrons. The van der Waals surface area contributed by atoms with Crippen LogP contribution in [-0.4, -0.2) is 0 Å². The molecular weight excluding hydrogens is 240 g/mol. The van der Waals surface area contributed by atoms with E-state index in [1.165, 1.54) is 19.3 Å². The second-order valence-corrected chi connectivity index (χ2v) is 7.01. The lowest BCUT2D eigenvalue weighted by Crippen LogP contribution is -2.13. The number of allylic oxidation sites excluding steroid dienone is 7. The van der Waals surface area contributed by atoms with E-state index < -0.39 is 0 Å². The Morgan fingerprint density at radius 1 is 0.900 bits per heavy atom. The molecule has 0 saturated heterocycles. The molecule has 0 heterocycles. The molecule has 0 heteroatoms. The molecule has 4 bridgehead atoms. The zero-order chi connectivity index (χ0) is 14.1. The Morgan fingerprint density at radius 2 is 1.50 bits per heavy atom. The first-order valence-electron chi connectivity index (χ1n) is 8.36. The van der Waals surface area contributed by atoms with Gasteiger partial charge in [-0.1, -0.05) is 49.5 Å². The Kier molecular flexibility index (Phi) is 4.01. The highest BCUT2D eigenvalue weighted by atomic mass is 14.4. The van der Waals surface area contributed by atoms with Crippen LogP contribution in [0.3, 0.4) is 0 Å². The van der Waals surface area contributed by atoms with Crippen molar-refractivity contribution in [3.8, 4) is 0 Å². The molecule has 6 unspecified atom stereocenters. The molecule has 2 saturated carbocycles. The lowest BCUT2D eigenvalue weighted by molar-refractivity contribution is 0.403. The van der Waals surface area contributed by atoms with Crippen molar-refractivity contribution in [2.24, 2.45) is 41.4 Å². The Hall–Kier alpha value is -1.04. The van der Waals surface area contributed by atoms with Crippen molar-refractivity contribution in [2.75, 3.05) is 0 Å². The summed E-state index contributed by atoms with van der Waals surface area (Å²) < 4.78 is 0. The van der Waals surface area contributed by atoms with Gasteiger partial charge in [-0.15, -0.1) is 6.58 Å². The predicted octanol–water partition coefficient (Wildman–Crippen LogP) is 5.41. The lowest BCUT2D eigenvalue weighted by Gasteiger charge is -2.21. The Balaban J connectivity index is 0.000000123. The van der Waals surface area contributed by atoms with E-state index in [1.54, 1.807) is 0 Å². The first-order chi connectivity index (χ1) is 9.74. The standard InChI is InChI=1S/C11H16.C9H12/c1-3-4-11-8(2)9-5-6-10(11)7-9;1-2-9-7-3-4-8(9)6-5-7/h3-6,8-11H,7H2,1-2H3;2-4,7-9H,1,5-6H2. The minimum absolute atomic E-state index is 0.796. The van der Waals surface area contributed by atoms with Crippen LogP contribution < -0.4 is 0 Å². The molecular formula is C20H28. The molecule has 0 aromatic heterocycles. The van der Waals surface area contributed by atoms with Crippen molar-refractivity contribution < 1.29 is 0 Å². The molecule has 4 aliphatic rings. The Labute approximate surface area is 124 Å². The van der Waals surface area contributed by atoms with Crippen LogP contribution in [0.2, 0.25) is 0 Å². The number of fused-ring (bicyclic) bond motifs is 4. The largest absolute Gasteiger partial charge is 0.103 e.